The summed E-state index contributed by atoms with van der Waals surface area (Å²) < 4.78 is 9.99. The Balaban J connectivity index is 2.01. The first-order chi connectivity index (χ1) is 7.54. The molecule has 6 heteroatoms. The predicted octanol–water partition coefficient (Wildman–Crippen LogP) is 2.55. The maximum Gasteiger partial charge on any atom is 0.203 e. The van der Waals surface area contributed by atoms with Crippen LogP contribution in [0.5, 0.6) is 0 Å². The summed E-state index contributed by atoms with van der Waals surface area (Å²) in [6, 6.07) is 0. The molecule has 2 heterocycles. The van der Waals surface area contributed by atoms with Gasteiger partial charge in [0.2, 0.25) is 5.13 Å². The van der Waals surface area contributed by atoms with Crippen molar-refractivity contribution in [2.24, 2.45) is 0 Å². The second-order valence-corrected chi connectivity index (χ2v) is 6.67. The Bertz CT molecular complexity index is 342. The van der Waals surface area contributed by atoms with Crippen LogP contribution in [0.15, 0.2) is 0 Å². The van der Waals surface area contributed by atoms with Crippen LogP contribution in [0.2, 0.25) is 0 Å². The van der Waals surface area contributed by atoms with Gasteiger partial charge < -0.3 is 10.1 Å². The van der Waals surface area contributed by atoms with Crippen LogP contribution in [0, 0.1) is 0 Å². The standard InChI is InChI=1S/C10H17N3OS2/c1-10(2,3)12-9-11-8(13-16-9)7-6-15-5-4-14-7/h7H,4-6H2,1-3H3,(H,11,12,13). The van der Waals surface area contributed by atoms with Crippen molar-refractivity contribution in [1.82, 2.24) is 9.36 Å². The van der Waals surface area contributed by atoms with E-state index in [1.54, 1.807) is 0 Å². The Hall–Kier alpha value is -0.330. The van der Waals surface area contributed by atoms with Gasteiger partial charge in [-0.05, 0) is 20.8 Å². The van der Waals surface area contributed by atoms with Crippen molar-refractivity contribution in [2.45, 2.75) is 32.4 Å². The fourth-order valence-electron chi connectivity index (χ4n) is 1.37. The second kappa shape index (κ2) is 4.89. The molecule has 0 spiro atoms. The third kappa shape index (κ3) is 3.33. The first-order valence-corrected chi connectivity index (χ1v) is 7.28. The molecule has 1 aliphatic rings. The summed E-state index contributed by atoms with van der Waals surface area (Å²) in [7, 11) is 0. The molecule has 1 fully saturated rings. The number of hydrogen-bond donors (Lipinski definition) is 1. The number of anilines is 1. The maximum absolute atomic E-state index is 5.64. The quantitative estimate of drug-likeness (QED) is 0.884. The third-order valence-electron chi connectivity index (χ3n) is 2.03. The molecular formula is C10H17N3OS2. The number of hydrogen-bond acceptors (Lipinski definition) is 6. The van der Waals surface area contributed by atoms with Gasteiger partial charge in [-0.15, -0.1) is 0 Å². The number of ether oxygens (including phenoxy) is 1. The SMILES string of the molecule is CC(C)(C)Nc1nc(C2CSCCO2)ns1. The van der Waals surface area contributed by atoms with Gasteiger partial charge in [-0.25, -0.2) is 4.98 Å². The fraction of sp³-hybridized carbons (Fsp3) is 0.800. The minimum Gasteiger partial charge on any atom is -0.368 e. The van der Waals surface area contributed by atoms with Crippen LogP contribution in [0.3, 0.4) is 0 Å². The zero-order chi connectivity index (χ0) is 11.6. The monoisotopic (exact) mass is 259 g/mol. The molecule has 1 unspecified atom stereocenters. The lowest BCUT2D eigenvalue weighted by atomic mass is 10.1. The van der Waals surface area contributed by atoms with Gasteiger partial charge in [0, 0.05) is 28.6 Å². The van der Waals surface area contributed by atoms with Gasteiger partial charge in [-0.2, -0.15) is 16.1 Å². The molecule has 0 radical (unpaired) electrons. The summed E-state index contributed by atoms with van der Waals surface area (Å²) >= 11 is 3.31. The molecule has 0 amide bonds. The molecule has 2 rings (SSSR count). The lowest BCUT2D eigenvalue weighted by Gasteiger charge is -2.20. The summed E-state index contributed by atoms with van der Waals surface area (Å²) in [5, 5.41) is 4.20. The van der Waals surface area contributed by atoms with Crippen LogP contribution in [0.1, 0.15) is 32.7 Å². The molecule has 4 nitrogen and oxygen atoms in total. The molecule has 90 valence electrons. The van der Waals surface area contributed by atoms with Crippen molar-refractivity contribution < 1.29 is 4.74 Å². The molecule has 0 aliphatic carbocycles. The van der Waals surface area contributed by atoms with Crippen LogP contribution in [-0.2, 0) is 4.74 Å². The van der Waals surface area contributed by atoms with E-state index >= 15 is 0 Å². The summed E-state index contributed by atoms with van der Waals surface area (Å²) in [6.45, 7) is 7.14. The Kier molecular flexibility index (Phi) is 3.71. The minimum absolute atomic E-state index is 0.0268. The van der Waals surface area contributed by atoms with Crippen molar-refractivity contribution in [3.8, 4) is 0 Å². The second-order valence-electron chi connectivity index (χ2n) is 4.77. The van der Waals surface area contributed by atoms with Gasteiger partial charge in [0.25, 0.3) is 0 Å². The molecule has 1 atom stereocenters. The van der Waals surface area contributed by atoms with Gasteiger partial charge in [-0.1, -0.05) is 0 Å². The highest BCUT2D eigenvalue weighted by molar-refractivity contribution is 7.99. The average Bonchev–Trinajstić information content (AvgIpc) is 2.65. The van der Waals surface area contributed by atoms with Gasteiger partial charge in [-0.3, -0.25) is 0 Å². The molecule has 1 aromatic heterocycles. The molecular weight excluding hydrogens is 242 g/mol. The zero-order valence-electron chi connectivity index (χ0n) is 9.82. The summed E-state index contributed by atoms with van der Waals surface area (Å²) in [5.74, 6) is 2.86. The van der Waals surface area contributed by atoms with E-state index in [1.807, 2.05) is 11.8 Å². The molecule has 0 aromatic carbocycles. The Morgan fingerprint density at radius 2 is 2.25 bits per heavy atom. The van der Waals surface area contributed by atoms with E-state index in [4.69, 9.17) is 4.74 Å². The lowest BCUT2D eigenvalue weighted by molar-refractivity contribution is 0.0703. The number of rotatable bonds is 2. The van der Waals surface area contributed by atoms with Crippen molar-refractivity contribution in [2.75, 3.05) is 23.4 Å². The first kappa shape index (κ1) is 12.1. The largest absolute Gasteiger partial charge is 0.368 e. The number of nitrogens with zero attached hydrogens (tertiary/aromatic N) is 2. The van der Waals surface area contributed by atoms with E-state index in [1.165, 1.54) is 11.5 Å². The van der Waals surface area contributed by atoms with Crippen molar-refractivity contribution in [1.29, 1.82) is 0 Å². The van der Waals surface area contributed by atoms with E-state index < -0.39 is 0 Å². The summed E-state index contributed by atoms with van der Waals surface area (Å²) in [5.41, 5.74) is 0.0268. The smallest absolute Gasteiger partial charge is 0.203 e. The molecule has 0 bridgehead atoms. The summed E-state index contributed by atoms with van der Waals surface area (Å²) in [4.78, 5) is 4.48. The van der Waals surface area contributed by atoms with Crippen LogP contribution in [-0.4, -0.2) is 33.0 Å². The zero-order valence-corrected chi connectivity index (χ0v) is 11.5. The predicted molar refractivity (Wildman–Crippen MR) is 69.3 cm³/mol. The van der Waals surface area contributed by atoms with E-state index in [0.29, 0.717) is 0 Å². The average molecular weight is 259 g/mol. The van der Waals surface area contributed by atoms with Gasteiger partial charge in [0.15, 0.2) is 5.82 Å². The van der Waals surface area contributed by atoms with Crippen molar-refractivity contribution >= 4 is 28.4 Å². The van der Waals surface area contributed by atoms with Crippen LogP contribution in [0.25, 0.3) is 0 Å². The van der Waals surface area contributed by atoms with Crippen LogP contribution >= 0.6 is 23.3 Å². The highest BCUT2D eigenvalue weighted by atomic mass is 32.2. The Morgan fingerprint density at radius 1 is 1.44 bits per heavy atom. The fourth-order valence-corrected chi connectivity index (χ4v) is 3.04. The normalized spacial score (nSPS) is 22.1. The van der Waals surface area contributed by atoms with Gasteiger partial charge in [0.1, 0.15) is 6.10 Å². The van der Waals surface area contributed by atoms with Crippen molar-refractivity contribution in [3.63, 3.8) is 0 Å². The molecule has 1 aliphatic heterocycles. The van der Waals surface area contributed by atoms with Crippen LogP contribution < -0.4 is 5.32 Å². The van der Waals surface area contributed by atoms with E-state index in [0.717, 1.165) is 29.1 Å². The highest BCUT2D eigenvalue weighted by Crippen LogP contribution is 2.27. The van der Waals surface area contributed by atoms with E-state index in [2.05, 4.69) is 35.4 Å². The Morgan fingerprint density at radius 3 is 2.88 bits per heavy atom. The Labute approximate surface area is 104 Å². The molecule has 1 N–H and O–H groups in total. The number of nitrogens with one attached hydrogen (secondary N) is 1. The van der Waals surface area contributed by atoms with Gasteiger partial charge >= 0.3 is 0 Å². The highest BCUT2D eigenvalue weighted by Gasteiger charge is 2.22. The first-order valence-electron chi connectivity index (χ1n) is 5.36. The number of thioether (sulfide) groups is 1. The maximum atomic E-state index is 5.64. The molecule has 16 heavy (non-hydrogen) atoms. The minimum atomic E-state index is 0.0268. The molecule has 0 saturated carbocycles. The van der Waals surface area contributed by atoms with Crippen LogP contribution in [0.4, 0.5) is 5.13 Å². The van der Waals surface area contributed by atoms with E-state index in [9.17, 15) is 0 Å². The molecule has 1 aromatic rings. The van der Waals surface area contributed by atoms with E-state index in [-0.39, 0.29) is 11.6 Å². The lowest BCUT2D eigenvalue weighted by Crippen LogP contribution is -2.26. The topological polar surface area (TPSA) is 47.0 Å². The number of aromatic nitrogens is 2. The van der Waals surface area contributed by atoms with Gasteiger partial charge in [0.05, 0.1) is 6.61 Å². The third-order valence-corrected chi connectivity index (χ3v) is 3.67. The molecule has 1 saturated heterocycles. The van der Waals surface area contributed by atoms with Crippen molar-refractivity contribution in [3.05, 3.63) is 5.82 Å². The summed E-state index contributed by atoms with van der Waals surface area (Å²) in [6.07, 6.45) is 0.0746.